The van der Waals surface area contributed by atoms with E-state index < -0.39 is 0 Å². The molecule has 0 aliphatic heterocycles. The zero-order chi connectivity index (χ0) is 13.7. The van der Waals surface area contributed by atoms with Gasteiger partial charge in [0.05, 0.1) is 5.52 Å². The van der Waals surface area contributed by atoms with Gasteiger partial charge in [0.25, 0.3) is 5.56 Å². The van der Waals surface area contributed by atoms with E-state index in [4.69, 9.17) is 0 Å². The summed E-state index contributed by atoms with van der Waals surface area (Å²) in [5, 5.41) is 2.30. The Hall–Kier alpha value is -2.42. The summed E-state index contributed by atoms with van der Waals surface area (Å²) in [6.07, 6.45) is 3.20. The van der Waals surface area contributed by atoms with Crippen LogP contribution in [0.3, 0.4) is 0 Å². The van der Waals surface area contributed by atoms with Crippen molar-refractivity contribution in [2.45, 2.75) is 19.9 Å². The molecular weight excluding hydrogens is 248 g/mol. The number of pyridine rings is 2. The Morgan fingerprint density at radius 3 is 2.75 bits per heavy atom. The van der Waals surface area contributed by atoms with E-state index in [1.54, 1.807) is 6.07 Å². The third kappa shape index (κ3) is 1.35. The topological polar surface area (TPSA) is 25.4 Å². The fourth-order valence-corrected chi connectivity index (χ4v) is 3.13. The van der Waals surface area contributed by atoms with Crippen molar-refractivity contribution in [3.8, 4) is 0 Å². The van der Waals surface area contributed by atoms with Crippen LogP contribution >= 0.6 is 0 Å². The predicted molar refractivity (Wildman–Crippen MR) is 80.4 cm³/mol. The fraction of sp³-hybridized carbons (Fsp3) is 0.176. The van der Waals surface area contributed by atoms with Crippen LogP contribution in [0.2, 0.25) is 0 Å². The lowest BCUT2D eigenvalue weighted by Gasteiger charge is -2.01. The highest BCUT2D eigenvalue weighted by molar-refractivity contribution is 6.11. The Bertz CT molecular complexity index is 985. The van der Waals surface area contributed by atoms with Crippen LogP contribution in [0.25, 0.3) is 27.3 Å². The number of rotatable bonds is 2. The van der Waals surface area contributed by atoms with Crippen molar-refractivity contribution in [1.82, 2.24) is 4.40 Å². The second kappa shape index (κ2) is 4.04. The van der Waals surface area contributed by atoms with E-state index in [2.05, 4.69) is 29.8 Å². The molecule has 0 spiro atoms. The minimum Gasteiger partial charge on any atom is -0.270 e. The molecule has 1 aromatic carbocycles. The van der Waals surface area contributed by atoms with Gasteiger partial charge in [0, 0.05) is 35.4 Å². The molecule has 0 amide bonds. The molecule has 3 nitrogen and oxygen atoms in total. The third-order valence-corrected chi connectivity index (χ3v) is 3.96. The van der Waals surface area contributed by atoms with Crippen LogP contribution in [-0.2, 0) is 6.54 Å². The quantitative estimate of drug-likeness (QED) is 0.510. The van der Waals surface area contributed by atoms with Gasteiger partial charge in [-0.1, -0.05) is 25.1 Å². The maximum atomic E-state index is 12.3. The molecule has 0 atom stereocenters. The number of benzene rings is 1. The van der Waals surface area contributed by atoms with Crippen LogP contribution in [0.5, 0.6) is 0 Å². The molecule has 0 unspecified atom stereocenters. The van der Waals surface area contributed by atoms with Crippen molar-refractivity contribution in [3.05, 3.63) is 59.0 Å². The standard InChI is InChI=1S/C17H15N2O/c1-2-10-18-11-9-13-12-5-3-4-6-14(12)19-16(20)8-7-15(18)17(13)19/h3-9,11H,2,10H2,1H3/q+1. The molecule has 0 radical (unpaired) electrons. The molecule has 0 aliphatic carbocycles. The minimum absolute atomic E-state index is 0.0398. The lowest BCUT2D eigenvalue weighted by atomic mass is 10.1. The SMILES string of the molecule is CCC[n+]1ccc2c3ccccc3n3c(=O)ccc1c23. The van der Waals surface area contributed by atoms with Crippen LogP contribution in [0.15, 0.2) is 53.5 Å². The molecular formula is C17H15N2O+. The largest absolute Gasteiger partial charge is 0.270 e. The molecule has 0 bridgehead atoms. The molecule has 3 aromatic heterocycles. The molecule has 3 heteroatoms. The van der Waals surface area contributed by atoms with E-state index in [0.29, 0.717) is 0 Å². The van der Waals surface area contributed by atoms with Gasteiger partial charge < -0.3 is 0 Å². The maximum Gasteiger partial charge on any atom is 0.256 e. The van der Waals surface area contributed by atoms with E-state index in [0.717, 1.165) is 40.3 Å². The van der Waals surface area contributed by atoms with Gasteiger partial charge in [0.2, 0.25) is 5.52 Å². The number of aromatic nitrogens is 2. The van der Waals surface area contributed by atoms with Crippen molar-refractivity contribution < 1.29 is 4.57 Å². The molecule has 0 fully saturated rings. The van der Waals surface area contributed by atoms with Gasteiger partial charge in [0.15, 0.2) is 6.20 Å². The molecule has 4 aromatic rings. The number of nitrogens with zero attached hydrogens (tertiary/aromatic N) is 2. The molecule has 98 valence electrons. The van der Waals surface area contributed by atoms with Crippen molar-refractivity contribution >= 4 is 27.3 Å². The molecule has 4 rings (SSSR count). The van der Waals surface area contributed by atoms with Crippen LogP contribution in [0, 0.1) is 0 Å². The maximum absolute atomic E-state index is 12.3. The Kier molecular flexibility index (Phi) is 2.30. The highest BCUT2D eigenvalue weighted by Crippen LogP contribution is 2.28. The van der Waals surface area contributed by atoms with Gasteiger partial charge in [-0.2, -0.15) is 4.57 Å². The normalized spacial score (nSPS) is 11.8. The monoisotopic (exact) mass is 263 g/mol. The molecule has 0 saturated heterocycles. The van der Waals surface area contributed by atoms with E-state index in [9.17, 15) is 4.79 Å². The van der Waals surface area contributed by atoms with Crippen LogP contribution in [0.1, 0.15) is 13.3 Å². The average Bonchev–Trinajstić information content (AvgIpc) is 2.81. The van der Waals surface area contributed by atoms with Gasteiger partial charge in [0.1, 0.15) is 12.1 Å². The van der Waals surface area contributed by atoms with Gasteiger partial charge in [-0.15, -0.1) is 0 Å². The van der Waals surface area contributed by atoms with E-state index in [-0.39, 0.29) is 5.56 Å². The Balaban J connectivity index is 2.34. The van der Waals surface area contributed by atoms with Crippen LogP contribution < -0.4 is 10.1 Å². The van der Waals surface area contributed by atoms with Crippen LogP contribution in [-0.4, -0.2) is 4.40 Å². The first-order valence-corrected chi connectivity index (χ1v) is 6.99. The molecule has 0 N–H and O–H groups in total. The van der Waals surface area contributed by atoms with Crippen LogP contribution in [0.4, 0.5) is 0 Å². The molecule has 3 heterocycles. The number of aryl methyl sites for hydroxylation is 1. The Morgan fingerprint density at radius 2 is 1.90 bits per heavy atom. The molecule has 20 heavy (non-hydrogen) atoms. The van der Waals surface area contributed by atoms with Gasteiger partial charge in [-0.3, -0.25) is 9.20 Å². The highest BCUT2D eigenvalue weighted by Gasteiger charge is 2.18. The van der Waals surface area contributed by atoms with Gasteiger partial charge >= 0.3 is 0 Å². The second-order valence-corrected chi connectivity index (χ2v) is 5.18. The minimum atomic E-state index is 0.0398. The lowest BCUT2D eigenvalue weighted by molar-refractivity contribution is -0.671. The summed E-state index contributed by atoms with van der Waals surface area (Å²) < 4.78 is 4.06. The fourth-order valence-electron chi connectivity index (χ4n) is 3.13. The first-order valence-electron chi connectivity index (χ1n) is 6.99. The number of para-hydroxylation sites is 1. The van der Waals surface area contributed by atoms with E-state index >= 15 is 0 Å². The zero-order valence-electron chi connectivity index (χ0n) is 11.3. The summed E-state index contributed by atoms with van der Waals surface area (Å²) >= 11 is 0. The summed E-state index contributed by atoms with van der Waals surface area (Å²) in [5.41, 5.74) is 3.19. The number of fused-ring (bicyclic) bond motifs is 3. The summed E-state index contributed by atoms with van der Waals surface area (Å²) in [6, 6.07) is 13.8. The second-order valence-electron chi connectivity index (χ2n) is 5.18. The average molecular weight is 263 g/mol. The first-order chi connectivity index (χ1) is 9.81. The predicted octanol–water partition coefficient (Wildman–Crippen LogP) is 2.74. The Labute approximate surface area is 116 Å². The Morgan fingerprint density at radius 1 is 1.05 bits per heavy atom. The van der Waals surface area contributed by atoms with Crippen molar-refractivity contribution in [2.75, 3.05) is 0 Å². The van der Waals surface area contributed by atoms with Crippen molar-refractivity contribution in [1.29, 1.82) is 0 Å². The first kappa shape index (κ1) is 11.4. The van der Waals surface area contributed by atoms with E-state index in [1.807, 2.05) is 28.7 Å². The van der Waals surface area contributed by atoms with Crippen molar-refractivity contribution in [2.24, 2.45) is 0 Å². The van der Waals surface area contributed by atoms with Gasteiger partial charge in [-0.25, -0.2) is 0 Å². The molecule has 0 saturated carbocycles. The van der Waals surface area contributed by atoms with Gasteiger partial charge in [-0.05, 0) is 6.07 Å². The summed E-state index contributed by atoms with van der Waals surface area (Å²) in [6.45, 7) is 3.13. The van der Waals surface area contributed by atoms with Crippen molar-refractivity contribution in [3.63, 3.8) is 0 Å². The molecule has 0 aliphatic rings. The summed E-state index contributed by atoms with van der Waals surface area (Å²) in [4.78, 5) is 12.3. The van der Waals surface area contributed by atoms with E-state index in [1.165, 1.54) is 0 Å². The number of hydrogen-bond acceptors (Lipinski definition) is 1. The highest BCUT2D eigenvalue weighted by atomic mass is 16.1. The number of hydrogen-bond donors (Lipinski definition) is 0. The summed E-state index contributed by atoms with van der Waals surface area (Å²) in [7, 11) is 0. The lowest BCUT2D eigenvalue weighted by Crippen LogP contribution is -2.34. The zero-order valence-corrected chi connectivity index (χ0v) is 11.3. The third-order valence-electron chi connectivity index (χ3n) is 3.96. The summed E-state index contributed by atoms with van der Waals surface area (Å²) in [5.74, 6) is 0. The smallest absolute Gasteiger partial charge is 0.256 e.